The monoisotopic (exact) mass is 305 g/mol. The van der Waals surface area contributed by atoms with Gasteiger partial charge in [-0.25, -0.2) is 4.39 Å². The highest BCUT2D eigenvalue weighted by molar-refractivity contribution is 6.30. The Morgan fingerprint density at radius 2 is 1.86 bits per heavy atom. The Morgan fingerprint density at radius 3 is 2.43 bits per heavy atom. The molecule has 0 aliphatic rings. The molecule has 2 aromatic rings. The van der Waals surface area contributed by atoms with Crippen molar-refractivity contribution in [3.8, 4) is 0 Å². The highest BCUT2D eigenvalue weighted by atomic mass is 35.5. The van der Waals surface area contributed by atoms with Crippen LogP contribution in [0.1, 0.15) is 41.3 Å². The second-order valence-corrected chi connectivity index (χ2v) is 5.62. The third-order valence-electron chi connectivity index (χ3n) is 3.28. The number of nitrogens with one attached hydrogen (secondary N) is 1. The number of halogens is 2. The van der Waals surface area contributed by atoms with Gasteiger partial charge in [0.2, 0.25) is 0 Å². The van der Waals surface area contributed by atoms with Crippen molar-refractivity contribution in [3.05, 3.63) is 70.0 Å². The molecule has 21 heavy (non-hydrogen) atoms. The molecule has 1 amide bonds. The lowest BCUT2D eigenvalue weighted by atomic mass is 10.0. The Balaban J connectivity index is 1.99. The maximum absolute atomic E-state index is 13.0. The molecule has 4 heteroatoms. The van der Waals surface area contributed by atoms with E-state index in [1.165, 1.54) is 17.7 Å². The summed E-state index contributed by atoms with van der Waals surface area (Å²) < 4.78 is 13.0. The van der Waals surface area contributed by atoms with Gasteiger partial charge in [-0.05, 0) is 41.3 Å². The first-order valence-corrected chi connectivity index (χ1v) is 7.17. The summed E-state index contributed by atoms with van der Waals surface area (Å²) in [5, 5.41) is 2.85. The van der Waals surface area contributed by atoms with Gasteiger partial charge in [-0.1, -0.05) is 43.6 Å². The summed E-state index contributed by atoms with van der Waals surface area (Å²) in [5.74, 6) is -0.190. The van der Waals surface area contributed by atoms with E-state index >= 15 is 0 Å². The third kappa shape index (κ3) is 4.05. The molecular formula is C17H17ClFNO. The first kappa shape index (κ1) is 15.5. The lowest BCUT2D eigenvalue weighted by Crippen LogP contribution is -2.22. The number of carbonyl (C=O) groups excluding carboxylic acids is 1. The molecule has 0 saturated heterocycles. The van der Waals surface area contributed by atoms with Crippen LogP contribution in [0.15, 0.2) is 42.5 Å². The standard InChI is InChI=1S/C17H17ClFNO/c1-11(2)13-4-6-14(7-5-13)17(21)20-10-12-3-8-16(19)15(18)9-12/h3-9,11H,10H2,1-2H3,(H,20,21). The van der Waals surface area contributed by atoms with Crippen molar-refractivity contribution in [2.45, 2.75) is 26.3 Å². The van der Waals surface area contributed by atoms with Gasteiger partial charge in [-0.15, -0.1) is 0 Å². The summed E-state index contributed by atoms with van der Waals surface area (Å²) in [6.45, 7) is 4.52. The van der Waals surface area contributed by atoms with E-state index in [4.69, 9.17) is 11.6 Å². The maximum atomic E-state index is 13.0. The van der Waals surface area contributed by atoms with Crippen LogP contribution < -0.4 is 5.32 Å². The van der Waals surface area contributed by atoms with Crippen molar-refractivity contribution in [2.24, 2.45) is 0 Å². The third-order valence-corrected chi connectivity index (χ3v) is 3.57. The largest absolute Gasteiger partial charge is 0.348 e. The van der Waals surface area contributed by atoms with Crippen molar-refractivity contribution in [2.75, 3.05) is 0 Å². The van der Waals surface area contributed by atoms with Gasteiger partial charge in [0.05, 0.1) is 5.02 Å². The van der Waals surface area contributed by atoms with Crippen LogP contribution in [0, 0.1) is 5.82 Å². The van der Waals surface area contributed by atoms with E-state index < -0.39 is 5.82 Å². The molecule has 0 aromatic heterocycles. The van der Waals surface area contributed by atoms with Crippen LogP contribution in [-0.4, -0.2) is 5.91 Å². The smallest absolute Gasteiger partial charge is 0.251 e. The van der Waals surface area contributed by atoms with Gasteiger partial charge >= 0.3 is 0 Å². The van der Waals surface area contributed by atoms with E-state index in [0.29, 0.717) is 18.0 Å². The van der Waals surface area contributed by atoms with Crippen molar-refractivity contribution in [3.63, 3.8) is 0 Å². The Bertz CT molecular complexity index is 638. The number of hydrogen-bond donors (Lipinski definition) is 1. The molecule has 0 atom stereocenters. The molecular weight excluding hydrogens is 289 g/mol. The average molecular weight is 306 g/mol. The number of hydrogen-bond acceptors (Lipinski definition) is 1. The maximum Gasteiger partial charge on any atom is 0.251 e. The van der Waals surface area contributed by atoms with Crippen LogP contribution in [-0.2, 0) is 6.54 Å². The Hall–Kier alpha value is -1.87. The SMILES string of the molecule is CC(C)c1ccc(C(=O)NCc2ccc(F)c(Cl)c2)cc1. The topological polar surface area (TPSA) is 29.1 Å². The van der Waals surface area contributed by atoms with Gasteiger partial charge in [0.1, 0.15) is 5.82 Å². The summed E-state index contributed by atoms with van der Waals surface area (Å²) in [6.07, 6.45) is 0. The number of carbonyl (C=O) groups is 1. The minimum absolute atomic E-state index is 0.0584. The molecule has 0 saturated carbocycles. The van der Waals surface area contributed by atoms with Crippen molar-refractivity contribution in [1.29, 1.82) is 0 Å². The molecule has 0 spiro atoms. The first-order valence-electron chi connectivity index (χ1n) is 6.79. The van der Waals surface area contributed by atoms with Crippen molar-refractivity contribution < 1.29 is 9.18 Å². The van der Waals surface area contributed by atoms with Crippen molar-refractivity contribution >= 4 is 17.5 Å². The Labute approximate surface area is 128 Å². The normalized spacial score (nSPS) is 10.7. The van der Waals surface area contributed by atoms with Gasteiger partial charge in [-0.2, -0.15) is 0 Å². The molecule has 2 aromatic carbocycles. The second-order valence-electron chi connectivity index (χ2n) is 5.21. The molecule has 110 valence electrons. The fraction of sp³-hybridized carbons (Fsp3) is 0.235. The van der Waals surface area contributed by atoms with E-state index in [9.17, 15) is 9.18 Å². The van der Waals surface area contributed by atoms with E-state index in [0.717, 1.165) is 5.56 Å². The predicted molar refractivity (Wildman–Crippen MR) is 83.1 cm³/mol. The molecule has 0 heterocycles. The van der Waals surface area contributed by atoms with Crippen LogP contribution >= 0.6 is 11.6 Å². The van der Waals surface area contributed by atoms with Crippen molar-refractivity contribution in [1.82, 2.24) is 5.32 Å². The second kappa shape index (κ2) is 6.72. The Kier molecular flexibility index (Phi) is 4.97. The highest BCUT2D eigenvalue weighted by Crippen LogP contribution is 2.17. The van der Waals surface area contributed by atoms with E-state index in [-0.39, 0.29) is 10.9 Å². The highest BCUT2D eigenvalue weighted by Gasteiger charge is 2.07. The lowest BCUT2D eigenvalue weighted by Gasteiger charge is -2.08. The molecule has 0 aliphatic heterocycles. The van der Waals surface area contributed by atoms with E-state index in [1.54, 1.807) is 6.07 Å². The molecule has 0 bridgehead atoms. The summed E-state index contributed by atoms with van der Waals surface area (Å²) in [7, 11) is 0. The molecule has 0 radical (unpaired) electrons. The van der Waals surface area contributed by atoms with E-state index in [2.05, 4.69) is 19.2 Å². The lowest BCUT2D eigenvalue weighted by molar-refractivity contribution is 0.0951. The summed E-state index contributed by atoms with van der Waals surface area (Å²) in [5.41, 5.74) is 2.55. The number of amides is 1. The van der Waals surface area contributed by atoms with Gasteiger partial charge < -0.3 is 5.32 Å². The average Bonchev–Trinajstić information content (AvgIpc) is 2.48. The summed E-state index contributed by atoms with van der Waals surface area (Å²) in [4.78, 5) is 12.0. The predicted octanol–water partition coefficient (Wildman–Crippen LogP) is 4.53. The van der Waals surface area contributed by atoms with Crippen LogP contribution in [0.25, 0.3) is 0 Å². The zero-order valence-electron chi connectivity index (χ0n) is 12.0. The van der Waals surface area contributed by atoms with Gasteiger partial charge in [0.25, 0.3) is 5.91 Å². The van der Waals surface area contributed by atoms with Gasteiger partial charge in [-0.3, -0.25) is 4.79 Å². The summed E-state index contributed by atoms with van der Waals surface area (Å²) >= 11 is 5.71. The quantitative estimate of drug-likeness (QED) is 0.883. The molecule has 1 N–H and O–H groups in total. The van der Waals surface area contributed by atoms with Crippen LogP contribution in [0.2, 0.25) is 5.02 Å². The fourth-order valence-corrected chi connectivity index (χ4v) is 2.16. The molecule has 2 rings (SSSR count). The minimum atomic E-state index is -0.462. The molecule has 0 unspecified atom stereocenters. The van der Waals surface area contributed by atoms with Gasteiger partial charge in [0.15, 0.2) is 0 Å². The number of benzene rings is 2. The first-order chi connectivity index (χ1) is 9.97. The molecule has 0 aliphatic carbocycles. The zero-order chi connectivity index (χ0) is 15.4. The summed E-state index contributed by atoms with van der Waals surface area (Å²) in [6, 6.07) is 11.9. The fourth-order valence-electron chi connectivity index (χ4n) is 1.95. The van der Waals surface area contributed by atoms with Gasteiger partial charge in [0, 0.05) is 12.1 Å². The molecule has 0 fully saturated rings. The Morgan fingerprint density at radius 1 is 1.19 bits per heavy atom. The minimum Gasteiger partial charge on any atom is -0.348 e. The molecule has 2 nitrogen and oxygen atoms in total. The van der Waals surface area contributed by atoms with Crippen LogP contribution in [0.3, 0.4) is 0 Å². The number of rotatable bonds is 4. The van der Waals surface area contributed by atoms with E-state index in [1.807, 2.05) is 24.3 Å². The zero-order valence-corrected chi connectivity index (χ0v) is 12.7. The van der Waals surface area contributed by atoms with Crippen LogP contribution in [0.5, 0.6) is 0 Å². The van der Waals surface area contributed by atoms with Crippen LogP contribution in [0.4, 0.5) is 4.39 Å².